The van der Waals surface area contributed by atoms with Crippen LogP contribution < -0.4 is 5.32 Å². The lowest BCUT2D eigenvalue weighted by molar-refractivity contribution is -0.206. The first-order valence-electron chi connectivity index (χ1n) is 5.58. The molecule has 1 unspecified atom stereocenters. The molecule has 0 spiro atoms. The molecule has 0 saturated heterocycles. The largest absolute Gasteiger partial charge is 0.459 e. The van der Waals surface area contributed by atoms with Crippen LogP contribution in [0.4, 0.5) is 18.9 Å². The summed E-state index contributed by atoms with van der Waals surface area (Å²) in [5, 5.41) is 11.6. The van der Waals surface area contributed by atoms with Gasteiger partial charge in [0.15, 0.2) is 11.9 Å². The first-order chi connectivity index (χ1) is 9.39. The second kappa shape index (κ2) is 5.38. The van der Waals surface area contributed by atoms with Crippen LogP contribution in [0, 0.1) is 0 Å². The second-order valence-electron chi connectivity index (χ2n) is 3.96. The number of aliphatic hydroxyl groups excluding tert-OH is 1. The van der Waals surface area contributed by atoms with Crippen LogP contribution in [0.3, 0.4) is 0 Å². The third-order valence-electron chi connectivity index (χ3n) is 2.56. The van der Waals surface area contributed by atoms with Crippen LogP contribution in [0.5, 0.6) is 0 Å². The Morgan fingerprint density at radius 2 is 1.90 bits per heavy atom. The minimum absolute atomic E-state index is 0.0405. The van der Waals surface area contributed by atoms with Crippen LogP contribution >= 0.6 is 0 Å². The quantitative estimate of drug-likeness (QED) is 0.910. The molecule has 1 aromatic heterocycles. The van der Waals surface area contributed by atoms with Gasteiger partial charge in [0.1, 0.15) is 0 Å². The van der Waals surface area contributed by atoms with E-state index in [1.807, 2.05) is 0 Å². The van der Waals surface area contributed by atoms with E-state index in [1.54, 1.807) is 0 Å². The molecule has 7 heteroatoms. The zero-order valence-corrected chi connectivity index (χ0v) is 10.0. The van der Waals surface area contributed by atoms with Gasteiger partial charge in [-0.2, -0.15) is 13.2 Å². The third-order valence-corrected chi connectivity index (χ3v) is 2.56. The number of hydrogen-bond acceptors (Lipinski definition) is 3. The topological polar surface area (TPSA) is 62.5 Å². The van der Waals surface area contributed by atoms with Gasteiger partial charge in [-0.25, -0.2) is 0 Å². The van der Waals surface area contributed by atoms with Gasteiger partial charge in [-0.05, 0) is 18.2 Å². The Labute approximate surface area is 111 Å². The SMILES string of the molecule is O=C(Nc1ccccc1C(O)C(F)(F)F)c1ccco1. The molecule has 0 bridgehead atoms. The van der Waals surface area contributed by atoms with Gasteiger partial charge >= 0.3 is 6.18 Å². The average Bonchev–Trinajstić information content (AvgIpc) is 2.91. The molecule has 0 fully saturated rings. The summed E-state index contributed by atoms with van der Waals surface area (Å²) in [5.74, 6) is -0.738. The molecule has 1 heterocycles. The Morgan fingerprint density at radius 1 is 1.20 bits per heavy atom. The summed E-state index contributed by atoms with van der Waals surface area (Å²) in [6.45, 7) is 0. The number of aliphatic hydroxyl groups is 1. The predicted octanol–water partition coefficient (Wildman–Crippen LogP) is 3.13. The Morgan fingerprint density at radius 3 is 2.50 bits per heavy atom. The van der Waals surface area contributed by atoms with Gasteiger partial charge < -0.3 is 14.8 Å². The molecule has 2 N–H and O–H groups in total. The van der Waals surface area contributed by atoms with Crippen LogP contribution in [0.25, 0.3) is 0 Å². The molecular weight excluding hydrogens is 275 g/mol. The Kier molecular flexibility index (Phi) is 3.80. The molecule has 0 aliphatic rings. The van der Waals surface area contributed by atoms with E-state index in [2.05, 4.69) is 5.32 Å². The molecule has 1 amide bonds. The van der Waals surface area contributed by atoms with E-state index in [0.29, 0.717) is 0 Å². The fourth-order valence-corrected chi connectivity index (χ4v) is 1.62. The van der Waals surface area contributed by atoms with E-state index in [9.17, 15) is 23.1 Å². The Bertz CT molecular complexity index is 593. The highest BCUT2D eigenvalue weighted by Crippen LogP contribution is 2.36. The van der Waals surface area contributed by atoms with Crippen molar-refractivity contribution in [1.29, 1.82) is 0 Å². The number of alkyl halides is 3. The minimum Gasteiger partial charge on any atom is -0.459 e. The highest BCUT2D eigenvalue weighted by atomic mass is 19.4. The number of para-hydroxylation sites is 1. The molecule has 106 valence electrons. The smallest absolute Gasteiger partial charge is 0.418 e. The van der Waals surface area contributed by atoms with Crippen molar-refractivity contribution >= 4 is 11.6 Å². The summed E-state index contributed by atoms with van der Waals surface area (Å²) in [7, 11) is 0. The Balaban J connectivity index is 2.27. The lowest BCUT2D eigenvalue weighted by Gasteiger charge is -2.18. The van der Waals surface area contributed by atoms with Crippen molar-refractivity contribution in [1.82, 2.24) is 0 Å². The Hall–Kier alpha value is -2.28. The highest BCUT2D eigenvalue weighted by Gasteiger charge is 2.40. The maximum atomic E-state index is 12.5. The molecule has 2 rings (SSSR count). The van der Waals surface area contributed by atoms with Crippen molar-refractivity contribution in [2.75, 3.05) is 5.32 Å². The van der Waals surface area contributed by atoms with Crippen molar-refractivity contribution in [3.63, 3.8) is 0 Å². The number of hydrogen-bond donors (Lipinski definition) is 2. The number of benzene rings is 1. The zero-order valence-electron chi connectivity index (χ0n) is 10.0. The highest BCUT2D eigenvalue weighted by molar-refractivity contribution is 6.02. The minimum atomic E-state index is -4.81. The molecule has 2 aromatic rings. The maximum Gasteiger partial charge on any atom is 0.418 e. The summed E-state index contributed by atoms with van der Waals surface area (Å²) >= 11 is 0. The number of carbonyl (C=O) groups is 1. The molecule has 0 aliphatic heterocycles. The van der Waals surface area contributed by atoms with Gasteiger partial charge in [0.05, 0.1) is 6.26 Å². The van der Waals surface area contributed by atoms with Gasteiger partial charge in [0, 0.05) is 11.3 Å². The molecule has 1 aromatic carbocycles. The number of anilines is 1. The van der Waals surface area contributed by atoms with Gasteiger partial charge in [-0.15, -0.1) is 0 Å². The summed E-state index contributed by atoms with van der Waals surface area (Å²) < 4.78 is 42.5. The van der Waals surface area contributed by atoms with Gasteiger partial charge in [0.2, 0.25) is 0 Å². The lowest BCUT2D eigenvalue weighted by Crippen LogP contribution is -2.22. The molecular formula is C13H10F3NO3. The number of nitrogens with one attached hydrogen (secondary N) is 1. The summed E-state index contributed by atoms with van der Waals surface area (Å²) in [6.07, 6.45) is -6.22. The van der Waals surface area contributed by atoms with Crippen LogP contribution in [0.2, 0.25) is 0 Å². The average molecular weight is 285 g/mol. The first kappa shape index (κ1) is 14.1. The number of halogens is 3. The monoisotopic (exact) mass is 285 g/mol. The van der Waals surface area contributed by atoms with Crippen LogP contribution in [0.1, 0.15) is 22.2 Å². The molecule has 0 saturated carbocycles. The summed E-state index contributed by atoms with van der Waals surface area (Å²) in [6, 6.07) is 8.00. The standard InChI is InChI=1S/C13H10F3NO3/c14-13(15,16)11(18)8-4-1-2-5-9(8)17-12(19)10-6-3-7-20-10/h1-7,11,18H,(H,17,19). The van der Waals surface area contributed by atoms with Gasteiger partial charge in [-0.1, -0.05) is 18.2 Å². The van der Waals surface area contributed by atoms with E-state index >= 15 is 0 Å². The fourth-order valence-electron chi connectivity index (χ4n) is 1.62. The zero-order chi connectivity index (χ0) is 14.8. The van der Waals surface area contributed by atoms with Gasteiger partial charge in [0.25, 0.3) is 5.91 Å². The molecule has 1 atom stereocenters. The second-order valence-corrected chi connectivity index (χ2v) is 3.96. The fraction of sp³-hybridized carbons (Fsp3) is 0.154. The lowest BCUT2D eigenvalue weighted by atomic mass is 10.1. The molecule has 4 nitrogen and oxygen atoms in total. The maximum absolute atomic E-state index is 12.5. The van der Waals surface area contributed by atoms with E-state index < -0.39 is 23.8 Å². The van der Waals surface area contributed by atoms with Crippen LogP contribution in [0.15, 0.2) is 47.1 Å². The number of rotatable bonds is 3. The van der Waals surface area contributed by atoms with Crippen molar-refractivity contribution in [3.8, 4) is 0 Å². The van der Waals surface area contributed by atoms with E-state index in [-0.39, 0.29) is 11.4 Å². The van der Waals surface area contributed by atoms with E-state index in [1.165, 1.54) is 36.6 Å². The van der Waals surface area contributed by atoms with Crippen LogP contribution in [-0.2, 0) is 0 Å². The van der Waals surface area contributed by atoms with E-state index in [0.717, 1.165) is 6.07 Å². The van der Waals surface area contributed by atoms with E-state index in [4.69, 9.17) is 4.42 Å². The van der Waals surface area contributed by atoms with Crippen molar-refractivity contribution < 1.29 is 27.5 Å². The predicted molar refractivity (Wildman–Crippen MR) is 64.1 cm³/mol. The number of carbonyl (C=O) groups excluding carboxylic acids is 1. The molecule has 0 aliphatic carbocycles. The number of amides is 1. The van der Waals surface area contributed by atoms with Gasteiger partial charge in [-0.3, -0.25) is 4.79 Å². The number of furan rings is 1. The third kappa shape index (κ3) is 3.00. The molecule has 20 heavy (non-hydrogen) atoms. The first-order valence-corrected chi connectivity index (χ1v) is 5.58. The summed E-state index contributed by atoms with van der Waals surface area (Å²) in [5.41, 5.74) is -0.557. The normalized spacial score (nSPS) is 13.0. The van der Waals surface area contributed by atoms with Crippen molar-refractivity contribution in [3.05, 3.63) is 54.0 Å². The summed E-state index contributed by atoms with van der Waals surface area (Å²) in [4.78, 5) is 11.7. The molecule has 0 radical (unpaired) electrons. The van der Waals surface area contributed by atoms with Crippen LogP contribution in [-0.4, -0.2) is 17.2 Å². The van der Waals surface area contributed by atoms with Crippen molar-refractivity contribution in [2.24, 2.45) is 0 Å². The van der Waals surface area contributed by atoms with Crippen molar-refractivity contribution in [2.45, 2.75) is 12.3 Å².